The minimum Gasteiger partial charge on any atom is -0.490 e. The largest absolute Gasteiger partial charge is 0.490 e. The number of rotatable bonds is 11. The number of methoxy groups -OCH3 is 3. The van der Waals surface area contributed by atoms with E-state index in [-0.39, 0.29) is 6.61 Å². The maximum Gasteiger partial charge on any atom is 0.228 e. The van der Waals surface area contributed by atoms with Crippen LogP contribution >= 0.6 is 15.9 Å². The van der Waals surface area contributed by atoms with Crippen LogP contribution in [0.1, 0.15) is 29.5 Å². The number of aliphatic hydroxyl groups excluding tert-OH is 1. The fraction of sp³-hybridized carbons (Fsp3) is 0.571. The van der Waals surface area contributed by atoms with Gasteiger partial charge in [-0.2, -0.15) is 0 Å². The molecule has 8 heteroatoms. The zero-order valence-electron chi connectivity index (χ0n) is 21.5. The maximum absolute atomic E-state index is 10.5. The summed E-state index contributed by atoms with van der Waals surface area (Å²) < 4.78 is 28.9. The Morgan fingerprint density at radius 2 is 1.78 bits per heavy atom. The maximum atomic E-state index is 10.5. The van der Waals surface area contributed by atoms with Crippen molar-refractivity contribution in [2.75, 3.05) is 60.8 Å². The van der Waals surface area contributed by atoms with Crippen molar-refractivity contribution in [2.45, 2.75) is 37.6 Å². The number of hydrogen-bond donors (Lipinski definition) is 1. The second kappa shape index (κ2) is 12.7. The monoisotopic (exact) mass is 563 g/mol. The van der Waals surface area contributed by atoms with E-state index in [1.165, 1.54) is 24.0 Å². The van der Waals surface area contributed by atoms with E-state index in [0.717, 1.165) is 48.3 Å². The fourth-order valence-electron chi connectivity index (χ4n) is 5.22. The molecule has 0 saturated carbocycles. The summed E-state index contributed by atoms with van der Waals surface area (Å²) in [6.07, 6.45) is 3.50. The molecule has 0 amide bonds. The molecule has 1 N–H and O–H groups in total. The lowest BCUT2D eigenvalue weighted by atomic mass is 9.90. The van der Waals surface area contributed by atoms with Crippen LogP contribution in [0.25, 0.3) is 0 Å². The molecule has 1 atom stereocenters. The quantitative estimate of drug-likeness (QED) is 0.325. The number of likely N-dealkylation sites (tertiary alicyclic amines) is 1. The molecule has 0 aromatic heterocycles. The Bertz CT molecular complexity index is 990. The Morgan fingerprint density at radius 1 is 1.03 bits per heavy atom. The Kier molecular flexibility index (Phi) is 9.66. The highest BCUT2D eigenvalue weighted by Crippen LogP contribution is 2.41. The summed E-state index contributed by atoms with van der Waals surface area (Å²) in [5.74, 6) is 1.08. The zero-order chi connectivity index (χ0) is 25.5. The number of benzene rings is 2. The third-order valence-electron chi connectivity index (χ3n) is 7.35. The summed E-state index contributed by atoms with van der Waals surface area (Å²) in [6.45, 7) is 4.47. The molecule has 2 aliphatic rings. The van der Waals surface area contributed by atoms with Gasteiger partial charge in [0.05, 0.1) is 16.6 Å². The van der Waals surface area contributed by atoms with Gasteiger partial charge in [-0.1, -0.05) is 12.1 Å². The second-order valence-corrected chi connectivity index (χ2v) is 10.4. The van der Waals surface area contributed by atoms with Crippen LogP contribution in [0.4, 0.5) is 0 Å². The van der Waals surface area contributed by atoms with Crippen LogP contribution in [0.2, 0.25) is 0 Å². The number of nitrogens with zero attached hydrogens (tertiary/aromatic N) is 1. The van der Waals surface area contributed by atoms with E-state index in [1.54, 1.807) is 21.3 Å². The van der Waals surface area contributed by atoms with E-state index in [1.807, 2.05) is 6.07 Å². The first-order valence-electron chi connectivity index (χ1n) is 12.7. The normalized spacial score (nSPS) is 20.1. The highest BCUT2D eigenvalue weighted by Gasteiger charge is 2.46. The average molecular weight is 565 g/mol. The molecule has 36 heavy (non-hydrogen) atoms. The number of ether oxygens (including phenoxy) is 5. The standard InChI is InChI=1S/C28H38BrNO6/c1-32-14-15-35-26-18-22(4-6-24(26)29)16-21-9-12-30(13-10-21)11-8-20-5-7-25-23(17-20)28(33-2,34-3)27(31)19-36-25/h4-7,17-18,21,27,31H,8-16,19H2,1-3H3. The predicted octanol–water partition coefficient (Wildman–Crippen LogP) is 4.17. The van der Waals surface area contributed by atoms with Crippen molar-refractivity contribution >= 4 is 15.9 Å². The molecule has 4 rings (SSSR count). The molecule has 0 bridgehead atoms. The van der Waals surface area contributed by atoms with Crippen LogP contribution in [0.3, 0.4) is 0 Å². The van der Waals surface area contributed by atoms with Gasteiger partial charge in [-0.15, -0.1) is 0 Å². The molecule has 0 aliphatic carbocycles. The summed E-state index contributed by atoms with van der Waals surface area (Å²) >= 11 is 3.58. The summed E-state index contributed by atoms with van der Waals surface area (Å²) in [6, 6.07) is 12.5. The van der Waals surface area contributed by atoms with Crippen LogP contribution in [0.15, 0.2) is 40.9 Å². The number of fused-ring (bicyclic) bond motifs is 1. The van der Waals surface area contributed by atoms with Crippen molar-refractivity contribution in [3.63, 3.8) is 0 Å². The third kappa shape index (κ3) is 6.23. The minimum absolute atomic E-state index is 0.144. The summed E-state index contributed by atoms with van der Waals surface area (Å²) in [7, 11) is 4.80. The minimum atomic E-state index is -1.19. The molecule has 198 valence electrons. The molecule has 1 saturated heterocycles. The van der Waals surface area contributed by atoms with E-state index < -0.39 is 11.9 Å². The van der Waals surface area contributed by atoms with Gasteiger partial charge in [0.15, 0.2) is 0 Å². The lowest BCUT2D eigenvalue weighted by Gasteiger charge is -2.40. The highest BCUT2D eigenvalue weighted by molar-refractivity contribution is 9.10. The fourth-order valence-corrected chi connectivity index (χ4v) is 5.58. The van der Waals surface area contributed by atoms with E-state index >= 15 is 0 Å². The lowest BCUT2D eigenvalue weighted by molar-refractivity contribution is -0.281. The Balaban J connectivity index is 1.29. The van der Waals surface area contributed by atoms with Gasteiger partial charge in [0.1, 0.15) is 30.8 Å². The SMILES string of the molecule is COCCOc1cc(CC2CCN(CCc3ccc4c(c3)C(OC)(OC)C(O)CO4)CC2)ccc1Br. The van der Waals surface area contributed by atoms with Crippen LogP contribution in [-0.2, 0) is 32.8 Å². The summed E-state index contributed by atoms with van der Waals surface area (Å²) in [5.41, 5.74) is 3.26. The molecule has 2 aromatic rings. The van der Waals surface area contributed by atoms with Crippen molar-refractivity contribution in [2.24, 2.45) is 5.92 Å². The molecule has 1 fully saturated rings. The molecule has 7 nitrogen and oxygen atoms in total. The number of piperidine rings is 1. The van der Waals surface area contributed by atoms with Gasteiger partial charge in [-0.3, -0.25) is 0 Å². The number of hydrogen-bond acceptors (Lipinski definition) is 7. The number of aliphatic hydroxyl groups is 1. The van der Waals surface area contributed by atoms with Crippen molar-refractivity contribution in [3.05, 3.63) is 57.6 Å². The van der Waals surface area contributed by atoms with Crippen LogP contribution < -0.4 is 9.47 Å². The van der Waals surface area contributed by atoms with Crippen molar-refractivity contribution in [1.29, 1.82) is 0 Å². The van der Waals surface area contributed by atoms with Gasteiger partial charge in [0.2, 0.25) is 5.79 Å². The van der Waals surface area contributed by atoms with E-state index in [0.29, 0.717) is 24.9 Å². The van der Waals surface area contributed by atoms with Gasteiger partial charge in [-0.25, -0.2) is 0 Å². The topological polar surface area (TPSA) is 69.6 Å². The van der Waals surface area contributed by atoms with Crippen molar-refractivity contribution in [1.82, 2.24) is 4.90 Å². The second-order valence-electron chi connectivity index (χ2n) is 9.58. The lowest BCUT2D eigenvalue weighted by Crippen LogP contribution is -2.49. The highest BCUT2D eigenvalue weighted by atomic mass is 79.9. The van der Waals surface area contributed by atoms with Gasteiger partial charge < -0.3 is 33.7 Å². The third-order valence-corrected chi connectivity index (χ3v) is 8.01. The summed E-state index contributed by atoms with van der Waals surface area (Å²) in [4.78, 5) is 2.54. The Hall–Kier alpha value is -1.68. The molecular formula is C28H38BrNO6. The molecule has 2 aromatic carbocycles. The van der Waals surface area contributed by atoms with Crippen molar-refractivity contribution < 1.29 is 28.8 Å². The molecular weight excluding hydrogens is 526 g/mol. The van der Waals surface area contributed by atoms with Gasteiger partial charge in [0.25, 0.3) is 0 Å². The van der Waals surface area contributed by atoms with E-state index in [9.17, 15) is 5.11 Å². The van der Waals surface area contributed by atoms with Gasteiger partial charge in [0, 0.05) is 27.9 Å². The first kappa shape index (κ1) is 27.4. The van der Waals surface area contributed by atoms with Crippen molar-refractivity contribution in [3.8, 4) is 11.5 Å². The first-order valence-corrected chi connectivity index (χ1v) is 13.5. The summed E-state index contributed by atoms with van der Waals surface area (Å²) in [5, 5.41) is 10.5. The molecule has 2 heterocycles. The average Bonchev–Trinajstić information content (AvgIpc) is 2.90. The van der Waals surface area contributed by atoms with E-state index in [2.05, 4.69) is 51.2 Å². The zero-order valence-corrected chi connectivity index (χ0v) is 23.1. The van der Waals surface area contributed by atoms with Crippen LogP contribution in [0.5, 0.6) is 11.5 Å². The molecule has 0 spiro atoms. The number of halogens is 1. The van der Waals surface area contributed by atoms with Crippen LogP contribution in [-0.4, -0.2) is 76.9 Å². The van der Waals surface area contributed by atoms with Crippen LogP contribution in [0, 0.1) is 5.92 Å². The Labute approximate surface area is 222 Å². The Morgan fingerprint density at radius 3 is 2.50 bits per heavy atom. The van der Waals surface area contributed by atoms with E-state index in [4.69, 9.17) is 23.7 Å². The van der Waals surface area contributed by atoms with Gasteiger partial charge >= 0.3 is 0 Å². The predicted molar refractivity (Wildman–Crippen MR) is 142 cm³/mol. The molecule has 1 unspecified atom stereocenters. The van der Waals surface area contributed by atoms with Gasteiger partial charge in [-0.05, 0) is 96.0 Å². The molecule has 0 radical (unpaired) electrons. The molecule has 2 aliphatic heterocycles. The first-order chi connectivity index (χ1) is 17.5. The smallest absolute Gasteiger partial charge is 0.228 e.